The fourth-order valence-electron chi connectivity index (χ4n) is 4.09. The van der Waals surface area contributed by atoms with Crippen LogP contribution < -0.4 is 14.4 Å². The minimum atomic E-state index is -0.355. The molecule has 1 aliphatic rings. The van der Waals surface area contributed by atoms with Crippen molar-refractivity contribution in [3.8, 4) is 29.1 Å². The molecule has 0 saturated carbocycles. The molecule has 0 aliphatic carbocycles. The molecule has 1 heterocycles. The van der Waals surface area contributed by atoms with Gasteiger partial charge in [-0.25, -0.2) is 0 Å². The summed E-state index contributed by atoms with van der Waals surface area (Å²) < 4.78 is 11.2. The number of likely N-dealkylation sites (N-methyl/N-ethyl adjacent to an activating group) is 1. The van der Waals surface area contributed by atoms with Crippen LogP contribution in [0.2, 0.25) is 5.02 Å². The average molecular weight is 514 g/mol. The van der Waals surface area contributed by atoms with Gasteiger partial charge in [0.1, 0.15) is 23.9 Å². The van der Waals surface area contributed by atoms with Crippen molar-refractivity contribution in [3.05, 3.63) is 45.5 Å². The van der Waals surface area contributed by atoms with Crippen molar-refractivity contribution in [2.75, 3.05) is 52.8 Å². The maximum absolute atomic E-state index is 13.4. The van der Waals surface area contributed by atoms with Crippen molar-refractivity contribution >= 4 is 29.1 Å². The fourth-order valence-corrected chi connectivity index (χ4v) is 4.31. The highest BCUT2D eigenvalue weighted by molar-refractivity contribution is 6.33. The number of benzene rings is 2. The van der Waals surface area contributed by atoms with Gasteiger partial charge in [-0.2, -0.15) is 0 Å². The lowest BCUT2D eigenvalue weighted by Crippen LogP contribution is -2.36. The molecule has 0 radical (unpaired) electrons. The molecule has 0 bridgehead atoms. The van der Waals surface area contributed by atoms with Gasteiger partial charge in [0.2, 0.25) is 0 Å². The summed E-state index contributed by atoms with van der Waals surface area (Å²) in [6.07, 6.45) is 0.599. The molecule has 2 amide bonds. The zero-order valence-corrected chi connectivity index (χ0v) is 22.3. The van der Waals surface area contributed by atoms with Gasteiger partial charge in [-0.15, -0.1) is 0 Å². The molecule has 8 nitrogen and oxygen atoms in total. The van der Waals surface area contributed by atoms with Crippen LogP contribution in [0.5, 0.6) is 17.2 Å². The number of carbonyl (C=O) groups is 2. The van der Waals surface area contributed by atoms with E-state index in [-0.39, 0.29) is 28.1 Å². The van der Waals surface area contributed by atoms with E-state index in [1.165, 1.54) is 18.1 Å². The molecule has 0 fully saturated rings. The number of anilines is 1. The topological polar surface area (TPSA) is 82.6 Å². The van der Waals surface area contributed by atoms with Crippen LogP contribution in [0.15, 0.2) is 18.2 Å². The van der Waals surface area contributed by atoms with Crippen molar-refractivity contribution < 1.29 is 24.2 Å². The number of halogens is 1. The Morgan fingerprint density at radius 1 is 1.17 bits per heavy atom. The van der Waals surface area contributed by atoms with Crippen LogP contribution in [0.3, 0.4) is 0 Å². The fraction of sp³-hybridized carbons (Fsp3) is 0.407. The Balaban J connectivity index is 1.95. The van der Waals surface area contributed by atoms with E-state index >= 15 is 0 Å². The second-order valence-corrected chi connectivity index (χ2v) is 9.25. The predicted molar refractivity (Wildman–Crippen MR) is 140 cm³/mol. The van der Waals surface area contributed by atoms with Crippen molar-refractivity contribution in [3.63, 3.8) is 0 Å². The summed E-state index contributed by atoms with van der Waals surface area (Å²) in [5.41, 5.74) is 3.13. The second kappa shape index (κ2) is 11.5. The van der Waals surface area contributed by atoms with E-state index in [1.807, 2.05) is 31.1 Å². The van der Waals surface area contributed by atoms with Gasteiger partial charge in [0.25, 0.3) is 5.91 Å². The molecule has 1 aliphatic heterocycles. The molecule has 192 valence electrons. The highest BCUT2D eigenvalue weighted by atomic mass is 35.5. The molecule has 0 unspecified atom stereocenters. The standard InChI is InChI=1S/C27H32ClN3O5/c1-7-8-24(33)30(5)20-13-19-16-31(10-9-18(19)14-22(20)36-12-11-29(3)4)27(34)25-17(2)26(28)23(35-6)15-21(25)32/h13-15,32H,9-12,16H2,1-6H3. The summed E-state index contributed by atoms with van der Waals surface area (Å²) >= 11 is 6.35. The lowest BCUT2D eigenvalue weighted by atomic mass is 9.96. The number of methoxy groups -OCH3 is 1. The van der Waals surface area contributed by atoms with E-state index in [9.17, 15) is 14.7 Å². The van der Waals surface area contributed by atoms with Crippen LogP contribution in [0.25, 0.3) is 0 Å². The van der Waals surface area contributed by atoms with Gasteiger partial charge >= 0.3 is 5.91 Å². The van der Waals surface area contributed by atoms with Gasteiger partial charge < -0.3 is 29.3 Å². The Hall–Kier alpha value is -3.41. The van der Waals surface area contributed by atoms with Gasteiger partial charge in [-0.3, -0.25) is 9.59 Å². The Morgan fingerprint density at radius 2 is 1.89 bits per heavy atom. The Labute approximate surface area is 217 Å². The SMILES string of the molecule is CC#CC(=O)N(C)c1cc2c(cc1OCCN(C)C)CCN(C(=O)c1c(O)cc(OC)c(Cl)c1C)C2. The second-order valence-electron chi connectivity index (χ2n) is 8.87. The summed E-state index contributed by atoms with van der Waals surface area (Å²) in [6, 6.07) is 5.17. The van der Waals surface area contributed by atoms with Crippen molar-refractivity contribution in [2.45, 2.75) is 26.8 Å². The van der Waals surface area contributed by atoms with E-state index in [1.54, 1.807) is 25.8 Å². The molecule has 0 atom stereocenters. The summed E-state index contributed by atoms with van der Waals surface area (Å²) in [5.74, 6) is 5.24. The molecule has 0 saturated heterocycles. The normalized spacial score (nSPS) is 12.5. The first-order valence-corrected chi connectivity index (χ1v) is 12.0. The number of carbonyl (C=O) groups excluding carboxylic acids is 2. The number of rotatable bonds is 7. The van der Waals surface area contributed by atoms with Crippen LogP contribution in [-0.2, 0) is 17.8 Å². The summed E-state index contributed by atoms with van der Waals surface area (Å²) in [5, 5.41) is 10.8. The third-order valence-electron chi connectivity index (χ3n) is 6.15. The first-order chi connectivity index (χ1) is 17.1. The molecule has 2 aromatic rings. The number of aromatic hydroxyl groups is 1. The molecule has 9 heteroatoms. The molecule has 2 aromatic carbocycles. The summed E-state index contributed by atoms with van der Waals surface area (Å²) in [4.78, 5) is 31.1. The van der Waals surface area contributed by atoms with E-state index in [2.05, 4.69) is 11.8 Å². The van der Waals surface area contributed by atoms with E-state index in [0.717, 1.165) is 17.7 Å². The maximum Gasteiger partial charge on any atom is 0.302 e. The number of ether oxygens (including phenoxy) is 2. The van der Waals surface area contributed by atoms with Crippen molar-refractivity contribution in [1.29, 1.82) is 0 Å². The molecule has 0 spiro atoms. The number of fused-ring (bicyclic) bond motifs is 1. The van der Waals surface area contributed by atoms with Crippen molar-refractivity contribution in [2.24, 2.45) is 0 Å². The highest BCUT2D eigenvalue weighted by Gasteiger charge is 2.29. The number of nitrogens with zero attached hydrogens (tertiary/aromatic N) is 3. The number of hydrogen-bond acceptors (Lipinski definition) is 6. The zero-order valence-electron chi connectivity index (χ0n) is 21.6. The Morgan fingerprint density at radius 3 is 2.53 bits per heavy atom. The molecular formula is C27H32ClN3O5. The van der Waals surface area contributed by atoms with E-state index in [4.69, 9.17) is 21.1 Å². The number of amides is 2. The summed E-state index contributed by atoms with van der Waals surface area (Å²) in [7, 11) is 7.03. The molecule has 36 heavy (non-hydrogen) atoms. The molecule has 3 rings (SSSR count). The van der Waals surface area contributed by atoms with Gasteiger partial charge in [0.05, 0.1) is 23.4 Å². The van der Waals surface area contributed by atoms with Gasteiger partial charge in [0.15, 0.2) is 0 Å². The monoisotopic (exact) mass is 513 g/mol. The lowest BCUT2D eigenvalue weighted by Gasteiger charge is -2.31. The molecule has 1 N–H and O–H groups in total. The molecular weight excluding hydrogens is 482 g/mol. The van der Waals surface area contributed by atoms with Crippen LogP contribution in [-0.4, -0.2) is 74.7 Å². The minimum absolute atomic E-state index is 0.152. The number of phenolic OH excluding ortho intramolecular Hbond substituents is 1. The maximum atomic E-state index is 13.4. The predicted octanol–water partition coefficient (Wildman–Crippen LogP) is 3.49. The van der Waals surface area contributed by atoms with Gasteiger partial charge in [-0.05, 0) is 69.1 Å². The Bertz CT molecular complexity index is 1230. The smallest absolute Gasteiger partial charge is 0.302 e. The highest BCUT2D eigenvalue weighted by Crippen LogP contribution is 2.38. The Kier molecular flexibility index (Phi) is 8.72. The first-order valence-electron chi connectivity index (χ1n) is 11.6. The average Bonchev–Trinajstić information content (AvgIpc) is 2.84. The van der Waals surface area contributed by atoms with Crippen LogP contribution in [0.4, 0.5) is 5.69 Å². The van der Waals surface area contributed by atoms with E-state index in [0.29, 0.717) is 48.9 Å². The van der Waals surface area contributed by atoms with Crippen LogP contribution in [0, 0.1) is 18.8 Å². The third-order valence-corrected chi connectivity index (χ3v) is 6.62. The minimum Gasteiger partial charge on any atom is -0.507 e. The third kappa shape index (κ3) is 5.69. The van der Waals surface area contributed by atoms with Crippen molar-refractivity contribution in [1.82, 2.24) is 9.80 Å². The summed E-state index contributed by atoms with van der Waals surface area (Å²) in [6.45, 7) is 5.24. The lowest BCUT2D eigenvalue weighted by molar-refractivity contribution is -0.113. The van der Waals surface area contributed by atoms with Crippen LogP contribution >= 0.6 is 11.6 Å². The van der Waals surface area contributed by atoms with E-state index < -0.39 is 0 Å². The molecule has 0 aromatic heterocycles. The number of phenols is 1. The quantitative estimate of drug-likeness (QED) is 0.571. The van der Waals surface area contributed by atoms with Gasteiger partial charge in [0, 0.05) is 32.7 Å². The zero-order chi connectivity index (χ0) is 26.6. The first kappa shape index (κ1) is 27.2. The van der Waals surface area contributed by atoms with Gasteiger partial charge in [-0.1, -0.05) is 17.5 Å². The largest absolute Gasteiger partial charge is 0.507 e. The van der Waals surface area contributed by atoms with Crippen LogP contribution in [0.1, 0.15) is 34.0 Å². The number of hydrogen-bond donors (Lipinski definition) is 1.